The van der Waals surface area contributed by atoms with Crippen LogP contribution >= 0.6 is 0 Å². The molecule has 0 radical (unpaired) electrons. The Kier molecular flexibility index (Phi) is 3.29. The van der Waals surface area contributed by atoms with Crippen LogP contribution < -0.4 is 0 Å². The standard InChI is InChI=1S/C13H14O7/c1-12(2,17)13(18)11(16)19-9(14)7-5-3-4-6-8(7)10(15)20-13/h3-6,11,16-18H,1-2H3. The predicted molar refractivity (Wildman–Crippen MR) is 64.5 cm³/mol. The van der Waals surface area contributed by atoms with Crippen molar-refractivity contribution < 1.29 is 34.4 Å². The van der Waals surface area contributed by atoms with E-state index in [1.165, 1.54) is 24.3 Å². The van der Waals surface area contributed by atoms with E-state index < -0.39 is 29.6 Å². The van der Waals surface area contributed by atoms with Crippen LogP contribution in [0.25, 0.3) is 0 Å². The Balaban J connectivity index is 2.55. The Hall–Kier alpha value is -1.96. The Bertz CT molecular complexity index is 560. The molecule has 3 N–H and O–H groups in total. The molecular formula is C13H14O7. The van der Waals surface area contributed by atoms with E-state index in [1.807, 2.05) is 0 Å². The fraction of sp³-hybridized carbons (Fsp3) is 0.385. The number of aliphatic hydroxyl groups excluding tert-OH is 1. The van der Waals surface area contributed by atoms with Gasteiger partial charge in [0.1, 0.15) is 5.60 Å². The summed E-state index contributed by atoms with van der Waals surface area (Å²) in [6.07, 6.45) is -2.23. The number of carbonyl (C=O) groups excluding carboxylic acids is 2. The van der Waals surface area contributed by atoms with E-state index in [0.717, 1.165) is 13.8 Å². The zero-order chi connectivity index (χ0) is 15.1. The van der Waals surface area contributed by atoms with Crippen LogP contribution in [-0.4, -0.2) is 44.9 Å². The normalized spacial score (nSPS) is 26.9. The smallest absolute Gasteiger partial charge is 0.341 e. The van der Waals surface area contributed by atoms with Crippen molar-refractivity contribution >= 4 is 11.9 Å². The molecule has 7 nitrogen and oxygen atoms in total. The average molecular weight is 282 g/mol. The second kappa shape index (κ2) is 4.55. The van der Waals surface area contributed by atoms with Gasteiger partial charge in [0.25, 0.3) is 6.29 Å². The van der Waals surface area contributed by atoms with Crippen molar-refractivity contribution in [2.24, 2.45) is 0 Å². The molecule has 7 heteroatoms. The van der Waals surface area contributed by atoms with Crippen LogP contribution in [0.3, 0.4) is 0 Å². The largest absolute Gasteiger partial charge is 0.425 e. The highest BCUT2D eigenvalue weighted by Gasteiger charge is 2.56. The van der Waals surface area contributed by atoms with Crippen molar-refractivity contribution in [3.05, 3.63) is 35.4 Å². The molecule has 0 amide bonds. The highest BCUT2D eigenvalue weighted by atomic mass is 16.7. The van der Waals surface area contributed by atoms with Gasteiger partial charge in [0.15, 0.2) is 0 Å². The predicted octanol–water partition coefficient (Wildman–Crippen LogP) is -0.208. The van der Waals surface area contributed by atoms with E-state index in [2.05, 4.69) is 4.74 Å². The van der Waals surface area contributed by atoms with Crippen molar-refractivity contribution in [1.82, 2.24) is 0 Å². The molecule has 20 heavy (non-hydrogen) atoms. The molecule has 0 saturated heterocycles. The molecule has 0 bridgehead atoms. The van der Waals surface area contributed by atoms with Crippen LogP contribution in [0.2, 0.25) is 0 Å². The first kappa shape index (κ1) is 14.4. The number of esters is 2. The third kappa shape index (κ3) is 2.15. The molecule has 0 spiro atoms. The van der Waals surface area contributed by atoms with Crippen LogP contribution in [0.5, 0.6) is 0 Å². The molecule has 1 aromatic carbocycles. The fourth-order valence-corrected chi connectivity index (χ4v) is 1.76. The number of ether oxygens (including phenoxy) is 2. The van der Waals surface area contributed by atoms with Gasteiger partial charge >= 0.3 is 17.7 Å². The lowest BCUT2D eigenvalue weighted by molar-refractivity contribution is -0.345. The first-order valence-electron chi connectivity index (χ1n) is 5.83. The highest BCUT2D eigenvalue weighted by Crippen LogP contribution is 2.32. The maximum absolute atomic E-state index is 12.0. The summed E-state index contributed by atoms with van der Waals surface area (Å²) >= 11 is 0. The van der Waals surface area contributed by atoms with Gasteiger partial charge in [-0.05, 0) is 26.0 Å². The Labute approximate surface area is 114 Å². The molecular weight excluding hydrogens is 268 g/mol. The lowest BCUT2D eigenvalue weighted by Crippen LogP contribution is -2.62. The zero-order valence-electron chi connectivity index (χ0n) is 10.9. The first-order chi connectivity index (χ1) is 9.17. The summed E-state index contributed by atoms with van der Waals surface area (Å²) in [6, 6.07) is 5.62. The summed E-state index contributed by atoms with van der Waals surface area (Å²) in [5, 5.41) is 29.8. The molecule has 2 rings (SSSR count). The summed E-state index contributed by atoms with van der Waals surface area (Å²) in [6.45, 7) is 2.20. The minimum absolute atomic E-state index is 0.102. The van der Waals surface area contributed by atoms with E-state index in [4.69, 9.17) is 4.74 Å². The van der Waals surface area contributed by atoms with Crippen LogP contribution in [0.4, 0.5) is 0 Å². The molecule has 0 fully saturated rings. The molecule has 2 unspecified atom stereocenters. The van der Waals surface area contributed by atoms with Gasteiger partial charge in [-0.25, -0.2) is 9.59 Å². The van der Waals surface area contributed by atoms with Crippen LogP contribution in [0, 0.1) is 0 Å². The molecule has 1 aromatic rings. The van der Waals surface area contributed by atoms with Crippen LogP contribution in [0.15, 0.2) is 24.3 Å². The maximum atomic E-state index is 12.0. The van der Waals surface area contributed by atoms with Crippen LogP contribution in [-0.2, 0) is 9.47 Å². The first-order valence-corrected chi connectivity index (χ1v) is 5.83. The SMILES string of the molecule is CC(C)(O)C1(O)OC(=O)c2ccccc2C(=O)OC1O. The minimum atomic E-state index is -2.78. The van der Waals surface area contributed by atoms with Crippen molar-refractivity contribution in [3.63, 3.8) is 0 Å². The van der Waals surface area contributed by atoms with Crippen molar-refractivity contribution in [2.75, 3.05) is 0 Å². The number of cyclic esters (lactones) is 2. The quantitative estimate of drug-likeness (QED) is 0.611. The summed E-state index contributed by atoms with van der Waals surface area (Å²) in [4.78, 5) is 23.8. The monoisotopic (exact) mass is 282 g/mol. The summed E-state index contributed by atoms with van der Waals surface area (Å²) in [5.74, 6) is -4.85. The van der Waals surface area contributed by atoms with Gasteiger partial charge in [0, 0.05) is 0 Å². The average Bonchev–Trinajstić information content (AvgIpc) is 2.36. The van der Waals surface area contributed by atoms with E-state index in [-0.39, 0.29) is 11.1 Å². The second-order valence-electron chi connectivity index (χ2n) is 4.95. The topological polar surface area (TPSA) is 113 Å². The lowest BCUT2D eigenvalue weighted by Gasteiger charge is -2.40. The summed E-state index contributed by atoms with van der Waals surface area (Å²) in [7, 11) is 0. The molecule has 0 aromatic heterocycles. The number of carbonyl (C=O) groups is 2. The Morgan fingerprint density at radius 3 is 2.15 bits per heavy atom. The van der Waals surface area contributed by atoms with Gasteiger partial charge in [-0.15, -0.1) is 0 Å². The minimum Gasteiger partial charge on any atom is -0.425 e. The van der Waals surface area contributed by atoms with Crippen molar-refractivity contribution in [2.45, 2.75) is 31.5 Å². The van der Waals surface area contributed by atoms with E-state index >= 15 is 0 Å². The number of aliphatic hydroxyl groups is 3. The number of hydrogen-bond donors (Lipinski definition) is 3. The third-order valence-electron chi connectivity index (χ3n) is 3.05. The number of benzene rings is 1. The van der Waals surface area contributed by atoms with Crippen LogP contribution in [0.1, 0.15) is 34.6 Å². The molecule has 108 valence electrons. The highest BCUT2D eigenvalue weighted by molar-refractivity contribution is 6.03. The number of fused-ring (bicyclic) bond motifs is 1. The van der Waals surface area contributed by atoms with Gasteiger partial charge in [-0.2, -0.15) is 0 Å². The van der Waals surface area contributed by atoms with Crippen molar-refractivity contribution in [1.29, 1.82) is 0 Å². The summed E-state index contributed by atoms with van der Waals surface area (Å²) < 4.78 is 9.41. The zero-order valence-corrected chi connectivity index (χ0v) is 10.9. The molecule has 1 aliphatic rings. The molecule has 1 heterocycles. The molecule has 0 saturated carbocycles. The Morgan fingerprint density at radius 2 is 1.65 bits per heavy atom. The van der Waals surface area contributed by atoms with Crippen molar-refractivity contribution in [3.8, 4) is 0 Å². The van der Waals surface area contributed by atoms with E-state index in [9.17, 15) is 24.9 Å². The van der Waals surface area contributed by atoms with E-state index in [0.29, 0.717) is 0 Å². The number of rotatable bonds is 1. The van der Waals surface area contributed by atoms with Gasteiger partial charge < -0.3 is 24.8 Å². The van der Waals surface area contributed by atoms with E-state index in [1.54, 1.807) is 0 Å². The number of hydrogen-bond acceptors (Lipinski definition) is 7. The fourth-order valence-electron chi connectivity index (χ4n) is 1.76. The maximum Gasteiger partial charge on any atom is 0.341 e. The third-order valence-corrected chi connectivity index (χ3v) is 3.05. The lowest BCUT2D eigenvalue weighted by atomic mass is 9.95. The molecule has 2 atom stereocenters. The second-order valence-corrected chi connectivity index (χ2v) is 4.95. The Morgan fingerprint density at radius 1 is 1.15 bits per heavy atom. The molecule has 1 aliphatic heterocycles. The molecule has 0 aliphatic carbocycles. The van der Waals surface area contributed by atoms with Gasteiger partial charge in [-0.1, -0.05) is 12.1 Å². The summed E-state index contributed by atoms with van der Waals surface area (Å²) in [5.41, 5.74) is -2.30. The van der Waals surface area contributed by atoms with Gasteiger partial charge in [0.2, 0.25) is 0 Å². The van der Waals surface area contributed by atoms with Gasteiger partial charge in [-0.3, -0.25) is 0 Å². The van der Waals surface area contributed by atoms with Gasteiger partial charge in [0.05, 0.1) is 11.1 Å².